The molecule has 8 rings (SSSR count). The van der Waals surface area contributed by atoms with E-state index in [1.807, 2.05) is 6.07 Å². The van der Waals surface area contributed by atoms with E-state index in [9.17, 15) is 35.1 Å². The summed E-state index contributed by atoms with van der Waals surface area (Å²) in [5, 5.41) is 61.3. The summed E-state index contributed by atoms with van der Waals surface area (Å²) < 4.78 is 20.3. The standard InChI is InChI=1S/C52H76N2O11/c1-32(57)27-34-9-7-10-35-28-40-41(50(31-56)19-5-6-20-50)30-63-48-42(60)17-16-39(46(40)48)47(35)51(22-24-53-25-23-51)44(29-43(64-33(2)58)38(34)15-14-37(59)12-8-26-55)65-49(62)52-21-4-3-11-36(52)13-18-45(61)54-52/h16-17,32,34-38,40-41,43-44,47,53,55-57,59-60H,3-6,8-9,11-15,18-31H2,1-2H3,(H,54,61). The summed E-state index contributed by atoms with van der Waals surface area (Å²) in [5.74, 6) is 5.72. The molecule has 1 aromatic rings. The van der Waals surface area contributed by atoms with Gasteiger partial charge in [-0.05, 0) is 133 Å². The van der Waals surface area contributed by atoms with Crippen LogP contribution in [0.4, 0.5) is 0 Å². The Bertz CT molecular complexity index is 1910. The summed E-state index contributed by atoms with van der Waals surface area (Å²) in [5.41, 5.74) is -0.286. The number of benzene rings is 1. The molecule has 4 fully saturated rings. The van der Waals surface area contributed by atoms with Crippen LogP contribution >= 0.6 is 0 Å². The normalized spacial score (nSPS) is 34.7. The number of aliphatic hydroxyl groups excluding tert-OH is 4. The zero-order valence-corrected chi connectivity index (χ0v) is 38.9. The zero-order chi connectivity index (χ0) is 45.9. The second kappa shape index (κ2) is 20.4. The average Bonchev–Trinajstić information content (AvgIpc) is 3.78. The first-order chi connectivity index (χ1) is 31.3. The van der Waals surface area contributed by atoms with E-state index in [-0.39, 0.29) is 78.1 Å². The van der Waals surface area contributed by atoms with Gasteiger partial charge in [0, 0.05) is 79.5 Å². The number of fused-ring (bicyclic) bond motifs is 4. The van der Waals surface area contributed by atoms with Gasteiger partial charge in [0.25, 0.3) is 0 Å². The monoisotopic (exact) mass is 905 g/mol. The van der Waals surface area contributed by atoms with E-state index in [1.165, 1.54) is 6.92 Å². The molecule has 65 heavy (non-hydrogen) atoms. The van der Waals surface area contributed by atoms with Gasteiger partial charge in [-0.15, -0.1) is 5.92 Å². The molecule has 1 spiro atoms. The summed E-state index contributed by atoms with van der Waals surface area (Å²) >= 11 is 0. The van der Waals surface area contributed by atoms with Crippen LogP contribution in [0.1, 0.15) is 165 Å². The molecule has 7 aliphatic rings. The topological polar surface area (TPSA) is 204 Å². The third-order valence-electron chi connectivity index (χ3n) is 17.7. The first kappa shape index (κ1) is 48.1. The molecule has 2 saturated carbocycles. The van der Waals surface area contributed by atoms with Crippen LogP contribution in [0.3, 0.4) is 0 Å². The molecule has 13 heteroatoms. The van der Waals surface area contributed by atoms with Crippen molar-refractivity contribution < 1.29 is 54.1 Å². The fraction of sp³-hybridized carbons (Fsp3) is 0.788. The van der Waals surface area contributed by atoms with E-state index < -0.39 is 47.3 Å². The van der Waals surface area contributed by atoms with Crippen molar-refractivity contribution in [2.75, 3.05) is 32.9 Å². The van der Waals surface area contributed by atoms with Crippen molar-refractivity contribution in [3.05, 3.63) is 23.3 Å². The second-order valence-corrected chi connectivity index (χ2v) is 21.4. The van der Waals surface area contributed by atoms with Crippen LogP contribution in [-0.4, -0.2) is 106 Å². The third-order valence-corrected chi connectivity index (χ3v) is 17.7. The molecule has 0 radical (unpaired) electrons. The SMILES string of the molecule is CC(=O)OC1CC(OC(=O)C23CCCCC2CCC(=O)N3)C2(CCNCC2)C2c3ccc(O)c4c3C(CC2C#CCC(CC(C)O)C1CCC(O)CCCO)C(C1(CO)CCCC1)CO4. The minimum Gasteiger partial charge on any atom is -0.504 e. The summed E-state index contributed by atoms with van der Waals surface area (Å²) in [4.78, 5) is 42.1. The Morgan fingerprint density at radius 2 is 1.75 bits per heavy atom. The van der Waals surface area contributed by atoms with Crippen LogP contribution in [0.5, 0.6) is 11.5 Å². The van der Waals surface area contributed by atoms with Gasteiger partial charge in [0.05, 0.1) is 18.8 Å². The molecule has 7 N–H and O–H groups in total. The fourth-order valence-electron chi connectivity index (χ4n) is 14.6. The van der Waals surface area contributed by atoms with Crippen molar-refractivity contribution in [1.29, 1.82) is 0 Å². The van der Waals surface area contributed by atoms with Gasteiger partial charge in [0.15, 0.2) is 11.5 Å². The van der Waals surface area contributed by atoms with E-state index in [2.05, 4.69) is 22.5 Å². The van der Waals surface area contributed by atoms with Crippen molar-refractivity contribution in [2.24, 2.45) is 40.4 Å². The number of hydrogen-bond donors (Lipinski definition) is 7. The first-order valence-electron chi connectivity index (χ1n) is 25.3. The van der Waals surface area contributed by atoms with Crippen molar-refractivity contribution in [3.8, 4) is 23.3 Å². The Morgan fingerprint density at radius 1 is 0.985 bits per heavy atom. The zero-order valence-electron chi connectivity index (χ0n) is 38.9. The molecule has 0 aromatic heterocycles. The number of phenols is 1. The van der Waals surface area contributed by atoms with Gasteiger partial charge in [0.2, 0.25) is 5.91 Å². The van der Waals surface area contributed by atoms with Crippen LogP contribution < -0.4 is 15.4 Å². The average molecular weight is 905 g/mol. The van der Waals surface area contributed by atoms with Gasteiger partial charge in [-0.3, -0.25) is 9.59 Å². The molecule has 12 atom stereocenters. The first-order valence-corrected chi connectivity index (χ1v) is 25.3. The van der Waals surface area contributed by atoms with Crippen molar-refractivity contribution in [1.82, 2.24) is 10.6 Å². The summed E-state index contributed by atoms with van der Waals surface area (Å²) in [7, 11) is 0. The van der Waals surface area contributed by atoms with Gasteiger partial charge < -0.3 is 50.4 Å². The van der Waals surface area contributed by atoms with Gasteiger partial charge in [-0.2, -0.15) is 0 Å². The summed E-state index contributed by atoms with van der Waals surface area (Å²) in [6, 6.07) is 3.75. The van der Waals surface area contributed by atoms with Crippen LogP contribution in [0, 0.1) is 52.3 Å². The van der Waals surface area contributed by atoms with Gasteiger partial charge >= 0.3 is 11.9 Å². The Balaban J connectivity index is 1.32. The van der Waals surface area contributed by atoms with Gasteiger partial charge in [0.1, 0.15) is 17.7 Å². The lowest BCUT2D eigenvalue weighted by molar-refractivity contribution is -0.183. The number of esters is 2. The molecule has 3 aliphatic heterocycles. The van der Waals surface area contributed by atoms with Crippen molar-refractivity contribution in [2.45, 2.75) is 184 Å². The molecule has 2 saturated heterocycles. The smallest absolute Gasteiger partial charge is 0.332 e. The number of piperidine rings is 2. The number of amides is 1. The number of aliphatic hydroxyl groups is 4. The van der Waals surface area contributed by atoms with Crippen LogP contribution in [0.2, 0.25) is 0 Å². The molecular formula is C52H76N2O11. The quantitative estimate of drug-likeness (QED) is 0.0913. The summed E-state index contributed by atoms with van der Waals surface area (Å²) in [6.45, 7) is 4.83. The molecular weight excluding hydrogens is 829 g/mol. The lowest BCUT2D eigenvalue weighted by Crippen LogP contribution is -2.65. The maximum atomic E-state index is 15.5. The minimum atomic E-state index is -1.18. The highest BCUT2D eigenvalue weighted by molar-refractivity contribution is 5.90. The van der Waals surface area contributed by atoms with Gasteiger partial charge in [-0.1, -0.05) is 37.7 Å². The van der Waals surface area contributed by atoms with Crippen LogP contribution in [-0.2, 0) is 23.9 Å². The lowest BCUT2D eigenvalue weighted by Gasteiger charge is -2.56. The lowest BCUT2D eigenvalue weighted by atomic mass is 9.51. The van der Waals surface area contributed by atoms with Crippen molar-refractivity contribution in [3.63, 3.8) is 0 Å². The molecule has 360 valence electrons. The number of nitrogens with one attached hydrogen (secondary N) is 2. The van der Waals surface area contributed by atoms with Crippen molar-refractivity contribution >= 4 is 17.8 Å². The number of ether oxygens (including phenoxy) is 3. The molecule has 1 aromatic carbocycles. The fourth-order valence-corrected chi connectivity index (χ4v) is 14.6. The number of rotatable bonds is 13. The maximum absolute atomic E-state index is 15.5. The summed E-state index contributed by atoms with van der Waals surface area (Å²) in [6.07, 6.45) is 9.39. The second-order valence-electron chi connectivity index (χ2n) is 21.4. The van der Waals surface area contributed by atoms with Crippen LogP contribution in [0.25, 0.3) is 0 Å². The molecule has 0 bridgehead atoms. The third kappa shape index (κ3) is 9.55. The Morgan fingerprint density at radius 3 is 2.48 bits per heavy atom. The Hall–Kier alpha value is -3.41. The van der Waals surface area contributed by atoms with E-state index in [0.29, 0.717) is 102 Å². The minimum absolute atomic E-state index is 0.00296. The number of phenolic OH excluding ortho intramolecular Hbond substituents is 1. The number of aromatic hydroxyl groups is 1. The molecule has 12 unspecified atom stereocenters. The predicted octanol–water partition coefficient (Wildman–Crippen LogP) is 5.91. The molecule has 1 amide bonds. The predicted molar refractivity (Wildman–Crippen MR) is 243 cm³/mol. The van der Waals surface area contributed by atoms with E-state index in [4.69, 9.17) is 14.2 Å². The number of carbonyl (C=O) groups excluding carboxylic acids is 3. The number of carbonyl (C=O) groups is 3. The van der Waals surface area contributed by atoms with E-state index >= 15 is 4.79 Å². The molecule has 4 aliphatic carbocycles. The Labute approximate surface area is 385 Å². The van der Waals surface area contributed by atoms with E-state index in [0.717, 1.165) is 56.1 Å². The largest absolute Gasteiger partial charge is 0.504 e. The highest BCUT2D eigenvalue weighted by Crippen LogP contribution is 2.65. The maximum Gasteiger partial charge on any atom is 0.332 e. The van der Waals surface area contributed by atoms with E-state index in [1.54, 1.807) is 13.0 Å². The van der Waals surface area contributed by atoms with Gasteiger partial charge in [-0.25, -0.2) is 4.79 Å². The Kier molecular flexibility index (Phi) is 15.1. The highest BCUT2D eigenvalue weighted by Gasteiger charge is 2.60. The molecule has 13 nitrogen and oxygen atoms in total. The molecule has 3 heterocycles. The number of hydrogen-bond acceptors (Lipinski definition) is 12. The highest BCUT2D eigenvalue weighted by atomic mass is 16.6. The van der Waals surface area contributed by atoms with Crippen LogP contribution in [0.15, 0.2) is 12.1 Å².